The molecular weight excluding hydrogens is 398 g/mol. The van der Waals surface area contributed by atoms with Gasteiger partial charge in [-0.05, 0) is 18.2 Å². The summed E-state index contributed by atoms with van der Waals surface area (Å²) >= 11 is 1.11. The highest BCUT2D eigenvalue weighted by molar-refractivity contribution is 7.99. The lowest BCUT2D eigenvalue weighted by Gasteiger charge is -2.11. The predicted molar refractivity (Wildman–Crippen MR) is 108 cm³/mol. The number of phenolic OH excluding ortho intramolecular Hbond substituents is 1. The number of hydrogen-bond donors (Lipinski definition) is 2. The van der Waals surface area contributed by atoms with E-state index in [1.807, 2.05) is 0 Å². The molecule has 2 aromatic carbocycles. The molecule has 1 heterocycles. The lowest BCUT2D eigenvalue weighted by atomic mass is 10.2. The highest BCUT2D eigenvalue weighted by atomic mass is 32.2. The molecule has 150 valence electrons. The summed E-state index contributed by atoms with van der Waals surface area (Å²) in [5, 5.41) is 21.2. The van der Waals surface area contributed by atoms with Gasteiger partial charge in [0.2, 0.25) is 5.91 Å². The van der Waals surface area contributed by atoms with E-state index in [9.17, 15) is 18.7 Å². The van der Waals surface area contributed by atoms with Crippen molar-refractivity contribution in [3.63, 3.8) is 0 Å². The van der Waals surface area contributed by atoms with Crippen LogP contribution in [0.4, 0.5) is 14.5 Å². The first-order chi connectivity index (χ1) is 14.0. The van der Waals surface area contributed by atoms with Gasteiger partial charge < -0.3 is 10.4 Å². The summed E-state index contributed by atoms with van der Waals surface area (Å²) in [7, 11) is 0. The standard InChI is InChI=1S/C20H18F2N4O2S/c1-2-11-26-19(14-8-4-6-10-16(14)27)24-25-20(26)29-12-17(28)23-15-9-5-3-7-13(15)18(21)22/h2-10,18,27H,1,11-12H2,(H,23,28). The number of carbonyl (C=O) groups excluding carboxylic acids is 1. The second-order valence-electron chi connectivity index (χ2n) is 5.95. The number of anilines is 1. The van der Waals surface area contributed by atoms with E-state index in [2.05, 4.69) is 22.1 Å². The second kappa shape index (κ2) is 9.33. The molecule has 0 aliphatic carbocycles. The zero-order chi connectivity index (χ0) is 20.8. The number of phenols is 1. The third-order valence-electron chi connectivity index (χ3n) is 3.98. The molecule has 0 bridgehead atoms. The Bertz CT molecular complexity index is 1020. The Kier molecular flexibility index (Phi) is 6.61. The summed E-state index contributed by atoms with van der Waals surface area (Å²) < 4.78 is 27.8. The number of hydrogen-bond acceptors (Lipinski definition) is 5. The van der Waals surface area contributed by atoms with Crippen molar-refractivity contribution in [2.24, 2.45) is 0 Å². The van der Waals surface area contributed by atoms with Gasteiger partial charge in [0.1, 0.15) is 5.75 Å². The van der Waals surface area contributed by atoms with Crippen LogP contribution in [0.3, 0.4) is 0 Å². The number of para-hydroxylation sites is 2. The Morgan fingerprint density at radius 1 is 1.21 bits per heavy atom. The normalized spacial score (nSPS) is 10.9. The molecule has 0 spiro atoms. The fraction of sp³-hybridized carbons (Fsp3) is 0.150. The lowest BCUT2D eigenvalue weighted by molar-refractivity contribution is -0.113. The van der Waals surface area contributed by atoms with Gasteiger partial charge in [0.25, 0.3) is 6.43 Å². The van der Waals surface area contributed by atoms with Crippen molar-refractivity contribution < 1.29 is 18.7 Å². The number of benzene rings is 2. The first-order valence-corrected chi connectivity index (χ1v) is 9.62. The molecule has 3 aromatic rings. The summed E-state index contributed by atoms with van der Waals surface area (Å²) in [6.07, 6.45) is -1.04. The number of alkyl halides is 2. The third kappa shape index (κ3) is 4.80. The van der Waals surface area contributed by atoms with Gasteiger partial charge in [-0.2, -0.15) is 0 Å². The van der Waals surface area contributed by atoms with Crippen molar-refractivity contribution in [3.8, 4) is 17.1 Å². The molecule has 9 heteroatoms. The van der Waals surface area contributed by atoms with Crippen molar-refractivity contribution in [1.29, 1.82) is 0 Å². The van der Waals surface area contributed by atoms with E-state index >= 15 is 0 Å². The fourth-order valence-electron chi connectivity index (χ4n) is 2.67. The van der Waals surface area contributed by atoms with Crippen LogP contribution in [-0.4, -0.2) is 31.5 Å². The van der Waals surface area contributed by atoms with Crippen LogP contribution in [0.2, 0.25) is 0 Å². The SMILES string of the molecule is C=CCn1c(SCC(=O)Nc2ccccc2C(F)F)nnc1-c1ccccc1O. The summed E-state index contributed by atoms with van der Waals surface area (Å²) in [5.74, 6) is 0.00518. The number of rotatable bonds is 8. The van der Waals surface area contributed by atoms with Crippen molar-refractivity contribution in [2.45, 2.75) is 18.1 Å². The predicted octanol–water partition coefficient (Wildman–Crippen LogP) is 4.51. The molecule has 1 amide bonds. The second-order valence-corrected chi connectivity index (χ2v) is 6.89. The van der Waals surface area contributed by atoms with Crippen molar-refractivity contribution in [1.82, 2.24) is 14.8 Å². The van der Waals surface area contributed by atoms with Crippen molar-refractivity contribution in [2.75, 3.05) is 11.1 Å². The minimum Gasteiger partial charge on any atom is -0.507 e. The van der Waals surface area contributed by atoms with Crippen LogP contribution >= 0.6 is 11.8 Å². The Morgan fingerprint density at radius 2 is 1.93 bits per heavy atom. The van der Waals surface area contributed by atoms with Gasteiger partial charge >= 0.3 is 0 Å². The first-order valence-electron chi connectivity index (χ1n) is 8.63. The van der Waals surface area contributed by atoms with Crippen molar-refractivity contribution >= 4 is 23.4 Å². The van der Waals surface area contributed by atoms with Crippen LogP contribution in [0, 0.1) is 0 Å². The van der Waals surface area contributed by atoms with E-state index in [4.69, 9.17) is 0 Å². The highest BCUT2D eigenvalue weighted by Crippen LogP contribution is 2.30. The van der Waals surface area contributed by atoms with Crippen LogP contribution in [0.5, 0.6) is 5.75 Å². The minimum absolute atomic E-state index is 0.0480. The molecule has 0 aliphatic rings. The molecule has 0 unspecified atom stereocenters. The zero-order valence-corrected chi connectivity index (χ0v) is 16.1. The minimum atomic E-state index is -2.68. The number of nitrogens with zero attached hydrogens (tertiary/aromatic N) is 3. The van der Waals surface area contributed by atoms with Gasteiger partial charge in [0.05, 0.1) is 11.3 Å². The number of allylic oxidation sites excluding steroid dienone is 1. The largest absolute Gasteiger partial charge is 0.507 e. The number of thioether (sulfide) groups is 1. The van der Waals surface area contributed by atoms with Crippen LogP contribution < -0.4 is 5.32 Å². The third-order valence-corrected chi connectivity index (χ3v) is 4.94. The van der Waals surface area contributed by atoms with Gasteiger partial charge in [-0.25, -0.2) is 8.78 Å². The number of halogens is 2. The van der Waals surface area contributed by atoms with Gasteiger partial charge in [0.15, 0.2) is 11.0 Å². The molecule has 0 radical (unpaired) electrons. The lowest BCUT2D eigenvalue weighted by Crippen LogP contribution is -2.16. The molecule has 0 saturated carbocycles. The zero-order valence-electron chi connectivity index (χ0n) is 15.3. The van der Waals surface area contributed by atoms with E-state index in [1.54, 1.807) is 41.0 Å². The number of aromatic hydroxyl groups is 1. The quantitative estimate of drug-likeness (QED) is 0.417. The fourth-order valence-corrected chi connectivity index (χ4v) is 3.42. The maximum Gasteiger partial charge on any atom is 0.265 e. The van der Waals surface area contributed by atoms with Crippen LogP contribution in [0.25, 0.3) is 11.4 Å². The molecule has 1 aromatic heterocycles. The van der Waals surface area contributed by atoms with E-state index in [0.29, 0.717) is 23.1 Å². The van der Waals surface area contributed by atoms with Crippen LogP contribution in [0.1, 0.15) is 12.0 Å². The number of aromatic nitrogens is 3. The van der Waals surface area contributed by atoms with E-state index < -0.39 is 12.3 Å². The van der Waals surface area contributed by atoms with E-state index in [1.165, 1.54) is 18.2 Å². The monoisotopic (exact) mass is 416 g/mol. The summed E-state index contributed by atoms with van der Waals surface area (Å²) in [5.41, 5.74) is 0.349. The molecule has 29 heavy (non-hydrogen) atoms. The topological polar surface area (TPSA) is 80.0 Å². The van der Waals surface area contributed by atoms with Gasteiger partial charge in [-0.1, -0.05) is 48.2 Å². The molecule has 2 N–H and O–H groups in total. The molecule has 0 atom stereocenters. The Hall–Kier alpha value is -3.20. The Morgan fingerprint density at radius 3 is 2.66 bits per heavy atom. The molecule has 3 rings (SSSR count). The molecule has 6 nitrogen and oxygen atoms in total. The Labute approximate surface area is 170 Å². The summed E-state index contributed by atoms with van der Waals surface area (Å²) in [6.45, 7) is 4.08. The average molecular weight is 416 g/mol. The summed E-state index contributed by atoms with van der Waals surface area (Å²) in [4.78, 5) is 12.3. The number of carbonyl (C=O) groups is 1. The summed E-state index contributed by atoms with van der Waals surface area (Å²) in [6, 6.07) is 12.5. The van der Waals surface area contributed by atoms with Crippen LogP contribution in [-0.2, 0) is 11.3 Å². The van der Waals surface area contributed by atoms with E-state index in [0.717, 1.165) is 11.8 Å². The maximum atomic E-state index is 13.1. The smallest absolute Gasteiger partial charge is 0.265 e. The molecule has 0 fully saturated rings. The highest BCUT2D eigenvalue weighted by Gasteiger charge is 2.18. The molecule has 0 saturated heterocycles. The Balaban J connectivity index is 1.75. The van der Waals surface area contributed by atoms with Gasteiger partial charge in [-0.15, -0.1) is 16.8 Å². The van der Waals surface area contributed by atoms with Gasteiger partial charge in [-0.3, -0.25) is 9.36 Å². The first kappa shape index (κ1) is 20.5. The molecule has 0 aliphatic heterocycles. The van der Waals surface area contributed by atoms with Crippen molar-refractivity contribution in [3.05, 3.63) is 66.7 Å². The van der Waals surface area contributed by atoms with Gasteiger partial charge in [0, 0.05) is 17.8 Å². The number of nitrogens with one attached hydrogen (secondary N) is 1. The van der Waals surface area contributed by atoms with E-state index in [-0.39, 0.29) is 22.8 Å². The molecular formula is C20H18F2N4O2S. The van der Waals surface area contributed by atoms with Crippen LogP contribution in [0.15, 0.2) is 66.3 Å². The number of amides is 1. The average Bonchev–Trinajstić information content (AvgIpc) is 3.10. The maximum absolute atomic E-state index is 13.1.